The Morgan fingerprint density at radius 1 is 1.27 bits per heavy atom. The minimum atomic E-state index is -3.68. The zero-order chi connectivity index (χ0) is 19.0. The van der Waals surface area contributed by atoms with Crippen molar-refractivity contribution in [2.75, 3.05) is 26.0 Å². The largest absolute Gasteiger partial charge is 0.390 e. The van der Waals surface area contributed by atoms with Crippen LogP contribution in [0.1, 0.15) is 31.2 Å². The normalized spacial score (nSPS) is 21.9. The van der Waals surface area contributed by atoms with Crippen molar-refractivity contribution in [3.8, 4) is 0 Å². The zero-order valence-electron chi connectivity index (χ0n) is 15.0. The second-order valence-electron chi connectivity index (χ2n) is 6.49. The SMILES string of the molecule is CO[C@@]1(C(=O)OC(=O)CP(=O)(O)CCCCc2ccccc2)CCCN1. The van der Waals surface area contributed by atoms with E-state index in [9.17, 15) is 19.0 Å². The number of nitrogens with one attached hydrogen (secondary N) is 1. The summed E-state index contributed by atoms with van der Waals surface area (Å²) in [5.74, 6) is -1.85. The fourth-order valence-electron chi connectivity index (χ4n) is 2.98. The molecule has 2 rings (SSSR count). The maximum Gasteiger partial charge on any atom is 0.361 e. The molecule has 7 nitrogen and oxygen atoms in total. The Kier molecular flexibility index (Phi) is 7.53. The summed E-state index contributed by atoms with van der Waals surface area (Å²) in [6.45, 7) is 0.580. The van der Waals surface area contributed by atoms with E-state index >= 15 is 0 Å². The Balaban J connectivity index is 1.74. The van der Waals surface area contributed by atoms with E-state index < -0.39 is 31.2 Å². The van der Waals surface area contributed by atoms with Crippen LogP contribution >= 0.6 is 7.37 Å². The van der Waals surface area contributed by atoms with E-state index in [1.807, 2.05) is 30.3 Å². The van der Waals surface area contributed by atoms with Crippen molar-refractivity contribution in [1.82, 2.24) is 5.32 Å². The molecule has 1 heterocycles. The smallest absolute Gasteiger partial charge is 0.361 e. The molecule has 1 aliphatic rings. The zero-order valence-corrected chi connectivity index (χ0v) is 15.9. The molecule has 1 aromatic rings. The summed E-state index contributed by atoms with van der Waals surface area (Å²) in [5.41, 5.74) is -0.163. The van der Waals surface area contributed by atoms with Gasteiger partial charge in [0.25, 0.3) is 0 Å². The Morgan fingerprint density at radius 2 is 2.00 bits per heavy atom. The summed E-state index contributed by atoms with van der Waals surface area (Å²) in [6.07, 6.45) is 2.56. The van der Waals surface area contributed by atoms with Gasteiger partial charge in [0.05, 0.1) is 0 Å². The van der Waals surface area contributed by atoms with Crippen molar-refractivity contribution in [2.24, 2.45) is 0 Å². The minimum absolute atomic E-state index is 0.0246. The van der Waals surface area contributed by atoms with Gasteiger partial charge in [-0.25, -0.2) is 4.79 Å². The molecular formula is C18H26NO6P. The van der Waals surface area contributed by atoms with Crippen LogP contribution in [0, 0.1) is 0 Å². The molecular weight excluding hydrogens is 357 g/mol. The highest BCUT2D eigenvalue weighted by Gasteiger charge is 2.44. The minimum Gasteiger partial charge on any atom is -0.390 e. The molecule has 0 spiro atoms. The summed E-state index contributed by atoms with van der Waals surface area (Å²) in [4.78, 5) is 34.0. The number of carbonyl (C=O) groups is 2. The van der Waals surface area contributed by atoms with Gasteiger partial charge in [-0.1, -0.05) is 30.3 Å². The van der Waals surface area contributed by atoms with Gasteiger partial charge in [0.15, 0.2) is 0 Å². The fourth-order valence-corrected chi connectivity index (χ4v) is 4.32. The van der Waals surface area contributed by atoms with Crippen LogP contribution < -0.4 is 5.32 Å². The second-order valence-corrected chi connectivity index (χ2v) is 8.95. The lowest BCUT2D eigenvalue weighted by Crippen LogP contribution is -2.51. The molecule has 1 unspecified atom stereocenters. The van der Waals surface area contributed by atoms with Gasteiger partial charge in [0.2, 0.25) is 13.1 Å². The molecule has 144 valence electrons. The summed E-state index contributed by atoms with van der Waals surface area (Å²) in [5, 5.41) is 2.86. The van der Waals surface area contributed by atoms with Gasteiger partial charge in [-0.2, -0.15) is 0 Å². The van der Waals surface area contributed by atoms with E-state index in [0.717, 1.165) is 19.3 Å². The van der Waals surface area contributed by atoms with Crippen molar-refractivity contribution < 1.29 is 28.5 Å². The lowest BCUT2D eigenvalue weighted by Gasteiger charge is -2.24. The second kappa shape index (κ2) is 9.42. The van der Waals surface area contributed by atoms with Crippen LogP contribution in [-0.2, 0) is 30.0 Å². The van der Waals surface area contributed by atoms with E-state index in [1.165, 1.54) is 12.7 Å². The Labute approximate surface area is 153 Å². The average molecular weight is 383 g/mol. The van der Waals surface area contributed by atoms with Crippen molar-refractivity contribution in [2.45, 2.75) is 37.8 Å². The van der Waals surface area contributed by atoms with Crippen LogP contribution in [0.4, 0.5) is 0 Å². The lowest BCUT2D eigenvalue weighted by atomic mass is 10.1. The van der Waals surface area contributed by atoms with Crippen LogP contribution in [0.2, 0.25) is 0 Å². The molecule has 2 atom stereocenters. The third-order valence-corrected chi connectivity index (χ3v) is 6.21. The number of ether oxygens (including phenoxy) is 2. The molecule has 0 amide bonds. The predicted octanol–water partition coefficient (Wildman–Crippen LogP) is 2.08. The Morgan fingerprint density at radius 3 is 2.62 bits per heavy atom. The summed E-state index contributed by atoms with van der Waals surface area (Å²) in [7, 11) is -2.32. The average Bonchev–Trinajstić information content (AvgIpc) is 3.09. The van der Waals surface area contributed by atoms with Crippen LogP contribution in [0.15, 0.2) is 30.3 Å². The molecule has 0 aromatic heterocycles. The van der Waals surface area contributed by atoms with E-state index in [4.69, 9.17) is 9.47 Å². The summed E-state index contributed by atoms with van der Waals surface area (Å²) < 4.78 is 22.1. The maximum atomic E-state index is 12.2. The molecule has 0 saturated carbocycles. The third kappa shape index (κ3) is 6.02. The molecule has 0 radical (unpaired) electrons. The number of rotatable bonds is 9. The van der Waals surface area contributed by atoms with Gasteiger partial charge in [0.1, 0.15) is 6.16 Å². The highest BCUT2D eigenvalue weighted by molar-refractivity contribution is 7.58. The molecule has 0 bridgehead atoms. The van der Waals surface area contributed by atoms with E-state index in [2.05, 4.69) is 5.32 Å². The number of hydrogen-bond acceptors (Lipinski definition) is 6. The molecule has 0 aliphatic carbocycles. The highest BCUT2D eigenvalue weighted by Crippen LogP contribution is 2.41. The Bertz CT molecular complexity index is 657. The van der Waals surface area contributed by atoms with Crippen molar-refractivity contribution >= 4 is 19.3 Å². The number of benzene rings is 1. The first-order valence-corrected chi connectivity index (χ1v) is 10.8. The number of esters is 2. The molecule has 1 fully saturated rings. The molecule has 26 heavy (non-hydrogen) atoms. The predicted molar refractivity (Wildman–Crippen MR) is 97.0 cm³/mol. The van der Waals surface area contributed by atoms with Gasteiger partial charge in [-0.05, 0) is 37.8 Å². The molecule has 1 aromatic carbocycles. The van der Waals surface area contributed by atoms with Gasteiger partial charge in [0, 0.05) is 19.7 Å². The van der Waals surface area contributed by atoms with Gasteiger partial charge < -0.3 is 14.4 Å². The monoisotopic (exact) mass is 383 g/mol. The lowest BCUT2D eigenvalue weighted by molar-refractivity contribution is -0.177. The van der Waals surface area contributed by atoms with Crippen LogP contribution in [0.25, 0.3) is 0 Å². The van der Waals surface area contributed by atoms with Crippen molar-refractivity contribution in [3.63, 3.8) is 0 Å². The summed E-state index contributed by atoms with van der Waals surface area (Å²) >= 11 is 0. The van der Waals surface area contributed by atoms with Crippen LogP contribution in [0.5, 0.6) is 0 Å². The topological polar surface area (TPSA) is 102 Å². The first-order chi connectivity index (χ1) is 12.4. The first-order valence-electron chi connectivity index (χ1n) is 8.77. The van der Waals surface area contributed by atoms with Crippen LogP contribution in [0.3, 0.4) is 0 Å². The number of hydrogen-bond donors (Lipinski definition) is 2. The highest BCUT2D eigenvalue weighted by atomic mass is 31.2. The summed E-state index contributed by atoms with van der Waals surface area (Å²) in [6, 6.07) is 9.85. The first kappa shape index (κ1) is 20.8. The number of unbranched alkanes of at least 4 members (excludes halogenated alkanes) is 1. The van der Waals surface area contributed by atoms with Gasteiger partial charge in [-0.3, -0.25) is 14.7 Å². The molecule has 1 saturated heterocycles. The van der Waals surface area contributed by atoms with E-state index in [-0.39, 0.29) is 6.16 Å². The fraction of sp³-hybridized carbons (Fsp3) is 0.556. The maximum absolute atomic E-state index is 12.2. The molecule has 2 N–H and O–H groups in total. The Hall–Kier alpha value is -1.53. The molecule has 1 aliphatic heterocycles. The van der Waals surface area contributed by atoms with Gasteiger partial charge >= 0.3 is 11.9 Å². The van der Waals surface area contributed by atoms with Gasteiger partial charge in [-0.15, -0.1) is 0 Å². The standard InChI is InChI=1S/C18H26NO6P/c1-24-18(11-7-12-19-18)17(21)25-16(20)14-26(22,23)13-6-5-10-15-8-3-2-4-9-15/h2-4,8-9,19H,5-7,10-14H2,1H3,(H,22,23)/t18-/m1/s1. The van der Waals surface area contributed by atoms with Crippen molar-refractivity contribution in [1.29, 1.82) is 0 Å². The number of methoxy groups -OCH3 is 1. The van der Waals surface area contributed by atoms with Crippen molar-refractivity contribution in [3.05, 3.63) is 35.9 Å². The van der Waals surface area contributed by atoms with E-state index in [1.54, 1.807) is 0 Å². The number of aryl methyl sites for hydroxylation is 1. The third-order valence-electron chi connectivity index (χ3n) is 4.44. The number of carbonyl (C=O) groups excluding carboxylic acids is 2. The molecule has 8 heteroatoms. The van der Waals surface area contributed by atoms with E-state index in [0.29, 0.717) is 19.4 Å². The van der Waals surface area contributed by atoms with Crippen LogP contribution in [-0.4, -0.2) is 48.5 Å². The quantitative estimate of drug-likeness (QED) is 0.291.